The number of hydrogen-bond donors (Lipinski definition) is 0. The largest absolute Gasteiger partial charge is 0.485 e. The monoisotopic (exact) mass is 1620 g/mol. The molecule has 616 valence electrons. The first-order valence-electron chi connectivity index (χ1n) is 45.7. The van der Waals surface area contributed by atoms with E-state index in [0.29, 0.717) is 43.9 Å². The van der Waals surface area contributed by atoms with Crippen molar-refractivity contribution >= 4 is 29.0 Å². The fourth-order valence-corrected chi connectivity index (χ4v) is 24.2. The maximum Gasteiger partial charge on any atom is 0.128 e. The molecule has 14 atom stereocenters. The van der Waals surface area contributed by atoms with E-state index in [9.17, 15) is 4.39 Å². The number of allylic oxidation sites excluding steroid dienone is 32. The van der Waals surface area contributed by atoms with Crippen molar-refractivity contribution in [2.75, 3.05) is 4.90 Å². The molecule has 0 saturated heterocycles. The lowest BCUT2D eigenvalue weighted by atomic mass is 9.51. The lowest BCUT2D eigenvalue weighted by Crippen LogP contribution is -2.49. The van der Waals surface area contributed by atoms with Crippen molar-refractivity contribution in [3.05, 3.63) is 429 Å². The molecule has 0 N–H and O–H groups in total. The molecule has 0 radical (unpaired) electrons. The highest BCUT2D eigenvalue weighted by Gasteiger charge is 2.61. The van der Waals surface area contributed by atoms with Gasteiger partial charge >= 0.3 is 0 Å². The highest BCUT2D eigenvalue weighted by Crippen LogP contribution is 2.69. The molecule has 123 heavy (non-hydrogen) atoms. The third-order valence-corrected chi connectivity index (χ3v) is 30.2. The molecule has 1 aliphatic heterocycles. The summed E-state index contributed by atoms with van der Waals surface area (Å²) in [6.45, 7) is 10.3. The molecule has 21 rings (SSSR count). The maximum atomic E-state index is 15.8. The third-order valence-electron chi connectivity index (χ3n) is 30.2. The molecule has 1 heterocycles. The number of ether oxygens (including phenoxy) is 3. The Labute approximate surface area is 725 Å². The van der Waals surface area contributed by atoms with Crippen LogP contribution in [-0.4, -0.2) is 18.3 Å². The first kappa shape index (κ1) is 78.6. The van der Waals surface area contributed by atoms with Crippen molar-refractivity contribution in [2.24, 2.45) is 35.0 Å². The van der Waals surface area contributed by atoms with Gasteiger partial charge in [0.05, 0.1) is 11.5 Å². The van der Waals surface area contributed by atoms with Crippen LogP contribution in [0.5, 0.6) is 17.2 Å². The van der Waals surface area contributed by atoms with Crippen molar-refractivity contribution in [1.29, 1.82) is 0 Å². The summed E-state index contributed by atoms with van der Waals surface area (Å²) in [5, 5.41) is 0. The molecule has 0 fully saturated rings. The Kier molecular flexibility index (Phi) is 21.2. The molecule has 7 heteroatoms. The normalized spacial score (nSPS) is 28.4. The molecule has 0 spiro atoms. The molecule has 0 bridgehead atoms. The Bertz CT molecular complexity index is 6020. The quantitative estimate of drug-likeness (QED) is 0.0712. The number of hydrogen-bond acceptors (Lipinski definition) is 4. The summed E-state index contributed by atoms with van der Waals surface area (Å²) < 4.78 is 66.5. The van der Waals surface area contributed by atoms with Gasteiger partial charge in [0.25, 0.3) is 0 Å². The maximum absolute atomic E-state index is 15.8. The van der Waals surface area contributed by atoms with Gasteiger partial charge in [-0.1, -0.05) is 243 Å². The molecule has 4 nitrogen and oxygen atoms in total. The summed E-state index contributed by atoms with van der Waals surface area (Å²) in [7, 11) is 0. The van der Waals surface area contributed by atoms with E-state index < -0.39 is 11.6 Å². The third kappa shape index (κ3) is 14.5. The number of benzene rings is 7. The average molecular weight is 1620 g/mol. The van der Waals surface area contributed by atoms with Crippen LogP contribution in [0.1, 0.15) is 208 Å². The lowest BCUT2D eigenvalue weighted by Gasteiger charge is -2.53. The highest BCUT2D eigenvalue weighted by atomic mass is 19.1. The van der Waals surface area contributed by atoms with Gasteiger partial charge in [-0.3, -0.25) is 0 Å². The van der Waals surface area contributed by atoms with Crippen LogP contribution < -0.4 is 19.1 Å². The molecule has 0 aromatic heterocycles. The van der Waals surface area contributed by atoms with Crippen LogP contribution in [0.3, 0.4) is 0 Å². The van der Waals surface area contributed by atoms with Gasteiger partial charge in [0.2, 0.25) is 0 Å². The van der Waals surface area contributed by atoms with E-state index in [1.165, 1.54) is 101 Å². The van der Waals surface area contributed by atoms with Crippen LogP contribution in [0.2, 0.25) is 0 Å². The van der Waals surface area contributed by atoms with Crippen molar-refractivity contribution in [3.8, 4) is 28.4 Å². The molecular formula is C116H108F3NO3. The summed E-state index contributed by atoms with van der Waals surface area (Å²) in [5.41, 5.74) is 27.1. The van der Waals surface area contributed by atoms with E-state index in [0.717, 1.165) is 135 Å². The van der Waals surface area contributed by atoms with Crippen LogP contribution in [-0.2, 0) is 5.41 Å². The van der Waals surface area contributed by atoms with E-state index in [4.69, 9.17) is 14.2 Å². The summed E-state index contributed by atoms with van der Waals surface area (Å²) >= 11 is 0. The van der Waals surface area contributed by atoms with Gasteiger partial charge in [0.1, 0.15) is 52.7 Å². The summed E-state index contributed by atoms with van der Waals surface area (Å²) in [5.74, 6) is 5.70. The zero-order chi connectivity index (χ0) is 82.9. The second-order valence-corrected chi connectivity index (χ2v) is 36.9. The van der Waals surface area contributed by atoms with Gasteiger partial charge < -0.3 is 19.1 Å². The highest BCUT2D eigenvalue weighted by molar-refractivity contribution is 5.91. The van der Waals surface area contributed by atoms with Crippen molar-refractivity contribution in [1.82, 2.24) is 0 Å². The van der Waals surface area contributed by atoms with Gasteiger partial charge in [-0.25, -0.2) is 13.2 Å². The zero-order valence-corrected chi connectivity index (χ0v) is 70.5. The van der Waals surface area contributed by atoms with Crippen LogP contribution in [0.15, 0.2) is 373 Å². The van der Waals surface area contributed by atoms with E-state index in [1.807, 2.05) is 48.6 Å². The molecule has 14 aliphatic rings. The Morgan fingerprint density at radius 2 is 1.27 bits per heavy atom. The van der Waals surface area contributed by atoms with Gasteiger partial charge in [-0.15, -0.1) is 0 Å². The standard InChI is InChI=1S/C116H108F3NO3/c1-4-75-22-56-98(57-23-75)121-100-60-42-90(43-61-100)115(88-38-48-93(118)49-39-88)108-18-8-6-16-102(108)104-64-36-87(71-110(104)115)114(81-30-28-78(29-31-81)83-13-11-14-84(69-83)79-32-46-92(117)47-33-79)86-37-66-112-106(70-86)107-72-96(55-67-113(107)123-112)120(95-52-34-80(35-53-95)85-15-10-12-82(68-85)77-26-20-74(3)21-27-77)97-54-65-105-103-17-7-9-19-109(103)116(111(105)73-97,89-40-50-94(119)51-41-89)91-44-62-101(63-45-91)122-99-58-24-76(5-2)25-59-99/h4-7,10-17,22-26,28,30-32,34-38,40,42,46-47,50-60,62,64-72,74,78-79,89,91,93,97,105,107,111,113-114H,1-2,8-9,18-21,27,29,33,39,41,43-45,48-49,61,63,73H2,3H3. The molecule has 0 saturated carbocycles. The average Bonchev–Trinajstić information content (AvgIpc) is 1.55. The predicted molar refractivity (Wildman–Crippen MR) is 499 cm³/mol. The number of alkyl halides is 1. The minimum absolute atomic E-state index is 0.0454. The molecule has 14 unspecified atom stereocenters. The van der Waals surface area contributed by atoms with Crippen molar-refractivity contribution in [2.45, 2.75) is 176 Å². The smallest absolute Gasteiger partial charge is 0.128 e. The summed E-state index contributed by atoms with van der Waals surface area (Å²) in [6, 6.07) is 58.5. The predicted octanol–water partition coefficient (Wildman–Crippen LogP) is 30.2. The second kappa shape index (κ2) is 33.2. The Morgan fingerprint density at radius 3 is 1.97 bits per heavy atom. The Balaban J connectivity index is 0.676. The number of fused-ring (bicyclic) bond motifs is 7. The molecule has 7 aromatic carbocycles. The van der Waals surface area contributed by atoms with Crippen molar-refractivity contribution < 1.29 is 27.4 Å². The van der Waals surface area contributed by atoms with E-state index in [1.54, 1.807) is 23.8 Å². The lowest BCUT2D eigenvalue weighted by molar-refractivity contribution is 0.0403. The number of halogens is 3. The van der Waals surface area contributed by atoms with Crippen molar-refractivity contribution in [3.63, 3.8) is 0 Å². The summed E-state index contributed by atoms with van der Waals surface area (Å²) in [4.78, 5) is 2.67. The van der Waals surface area contributed by atoms with E-state index in [-0.39, 0.29) is 70.6 Å². The first-order valence-corrected chi connectivity index (χ1v) is 45.7. The number of nitrogens with zero attached hydrogens (tertiary/aromatic N) is 1. The second-order valence-electron chi connectivity index (χ2n) is 36.9. The van der Waals surface area contributed by atoms with E-state index >= 15 is 8.78 Å². The van der Waals surface area contributed by atoms with Crippen LogP contribution in [0.25, 0.3) is 34.4 Å². The van der Waals surface area contributed by atoms with Gasteiger partial charge in [0, 0.05) is 64.8 Å². The number of rotatable bonds is 20. The summed E-state index contributed by atoms with van der Waals surface area (Å²) in [6.07, 6.45) is 71.0. The SMILES string of the molecule is C=Cc1ccc(OC2=CC=C(C3(C4=CCC(F)CC4)C4=C(C=CCC4)c4ccc(C(C5=CCC(c6cccc(C7C=CC(F)=CC7)c6)C=C5)c5ccc6c(c5)C5C=C(N(c7ccc(-c8cccc(C9=CCC(C)CC9)c8)cc7)C7C=CC8C9=C(CCC=C9)C(C9C=CC(F)=CC9)(C9CC=C(Oc%10ccc(C=C)cc%10)CC9)C8C7)C=CC5O6)cc43)CC2)cc1. The minimum Gasteiger partial charge on any atom is -0.485 e. The molecule has 13 aliphatic carbocycles. The fraction of sp³-hybridized carbons (Fsp3) is 0.293. The van der Waals surface area contributed by atoms with Crippen LogP contribution in [0.4, 0.5) is 18.9 Å². The fourth-order valence-electron chi connectivity index (χ4n) is 24.2. The molecule has 0 amide bonds. The van der Waals surface area contributed by atoms with Crippen LogP contribution in [0, 0.1) is 35.0 Å². The Morgan fingerprint density at radius 1 is 0.537 bits per heavy atom. The number of anilines is 1. The van der Waals surface area contributed by atoms with Crippen LogP contribution >= 0.6 is 0 Å². The first-order chi connectivity index (χ1) is 60.4. The molecular weight excluding hydrogens is 1510 g/mol. The van der Waals surface area contributed by atoms with Gasteiger partial charge in [0.15, 0.2) is 0 Å². The van der Waals surface area contributed by atoms with E-state index in [2.05, 4.69) is 268 Å². The topological polar surface area (TPSA) is 30.9 Å². The molecule has 7 aromatic rings. The Hall–Kier alpha value is -11.7. The zero-order valence-electron chi connectivity index (χ0n) is 70.5. The van der Waals surface area contributed by atoms with Gasteiger partial charge in [-0.05, 0) is 325 Å². The van der Waals surface area contributed by atoms with Gasteiger partial charge in [-0.2, -0.15) is 0 Å². The minimum atomic E-state index is -0.878.